The second kappa shape index (κ2) is 9.14. The quantitative estimate of drug-likeness (QED) is 0.583. The van der Waals surface area contributed by atoms with Crippen molar-refractivity contribution in [3.8, 4) is 5.75 Å². The van der Waals surface area contributed by atoms with Crippen molar-refractivity contribution in [1.82, 2.24) is 9.88 Å². The van der Waals surface area contributed by atoms with Crippen molar-refractivity contribution in [3.05, 3.63) is 40.9 Å². The van der Waals surface area contributed by atoms with Crippen LogP contribution in [0.1, 0.15) is 31.5 Å². The molecule has 2 aromatic rings. The van der Waals surface area contributed by atoms with Crippen molar-refractivity contribution in [3.63, 3.8) is 0 Å². The number of nitrogens with zero attached hydrogens (tertiary/aromatic N) is 3. The number of piperidine rings is 1. The third-order valence-electron chi connectivity index (χ3n) is 4.49. The van der Waals surface area contributed by atoms with E-state index < -0.39 is 0 Å². The zero-order valence-corrected chi connectivity index (χ0v) is 16.6. The van der Waals surface area contributed by atoms with Crippen LogP contribution in [0, 0.1) is 18.8 Å². The molecule has 1 fully saturated rings. The first-order valence-electron chi connectivity index (χ1n) is 9.25. The Kier molecular flexibility index (Phi) is 6.63. The maximum Gasteiger partial charge on any atom is 0.203 e. The van der Waals surface area contributed by atoms with Gasteiger partial charge in [-0.05, 0) is 55.0 Å². The second-order valence-electron chi connectivity index (χ2n) is 7.29. The van der Waals surface area contributed by atoms with E-state index >= 15 is 0 Å². The Bertz CT molecular complexity index is 703. The molecule has 0 amide bonds. The highest BCUT2D eigenvalue weighted by Gasteiger charge is 2.21. The van der Waals surface area contributed by atoms with Gasteiger partial charge in [0.15, 0.2) is 0 Å². The van der Waals surface area contributed by atoms with Crippen molar-refractivity contribution < 1.29 is 4.74 Å². The van der Waals surface area contributed by atoms with Crippen LogP contribution in [-0.4, -0.2) is 42.3 Å². The molecule has 2 unspecified atom stereocenters. The number of aromatic nitrogens is 1. The number of hydrazone groups is 1. The molecular formula is C20H28N4OS. The smallest absolute Gasteiger partial charge is 0.203 e. The van der Waals surface area contributed by atoms with Crippen LogP contribution in [0.3, 0.4) is 0 Å². The van der Waals surface area contributed by atoms with Crippen molar-refractivity contribution in [1.29, 1.82) is 0 Å². The minimum absolute atomic E-state index is 0.734. The number of hydrogen-bond acceptors (Lipinski definition) is 6. The van der Waals surface area contributed by atoms with Gasteiger partial charge in [-0.1, -0.05) is 13.8 Å². The molecule has 2 atom stereocenters. The lowest BCUT2D eigenvalue weighted by molar-refractivity contribution is 0.120. The maximum atomic E-state index is 5.90. The van der Waals surface area contributed by atoms with Crippen molar-refractivity contribution in [2.24, 2.45) is 16.9 Å². The molecule has 2 heterocycles. The van der Waals surface area contributed by atoms with Crippen LogP contribution < -0.4 is 10.2 Å². The summed E-state index contributed by atoms with van der Waals surface area (Å²) in [7, 11) is 0. The molecule has 5 nitrogen and oxygen atoms in total. The fourth-order valence-electron chi connectivity index (χ4n) is 3.48. The summed E-state index contributed by atoms with van der Waals surface area (Å²) >= 11 is 1.55. The van der Waals surface area contributed by atoms with Gasteiger partial charge in [0.25, 0.3) is 0 Å². The summed E-state index contributed by atoms with van der Waals surface area (Å²) in [5, 5.41) is 7.02. The van der Waals surface area contributed by atoms with Crippen LogP contribution in [-0.2, 0) is 0 Å². The number of hydrogen-bond donors (Lipinski definition) is 1. The van der Waals surface area contributed by atoms with Crippen LogP contribution in [0.5, 0.6) is 5.75 Å². The average molecular weight is 373 g/mol. The molecule has 0 spiro atoms. The summed E-state index contributed by atoms with van der Waals surface area (Å²) < 4.78 is 5.90. The molecule has 3 rings (SSSR count). The summed E-state index contributed by atoms with van der Waals surface area (Å²) in [6, 6.07) is 8.02. The van der Waals surface area contributed by atoms with Gasteiger partial charge in [0.1, 0.15) is 12.4 Å². The van der Waals surface area contributed by atoms with Gasteiger partial charge in [0.2, 0.25) is 5.13 Å². The zero-order chi connectivity index (χ0) is 18.4. The summed E-state index contributed by atoms with van der Waals surface area (Å²) in [5.74, 6) is 2.49. The topological polar surface area (TPSA) is 49.8 Å². The summed E-state index contributed by atoms with van der Waals surface area (Å²) in [6.45, 7) is 10.8. The lowest BCUT2D eigenvalue weighted by Crippen LogP contribution is -2.40. The van der Waals surface area contributed by atoms with Gasteiger partial charge >= 0.3 is 0 Å². The minimum atomic E-state index is 0.734. The van der Waals surface area contributed by atoms with E-state index in [-0.39, 0.29) is 0 Å². The van der Waals surface area contributed by atoms with Crippen LogP contribution in [0.15, 0.2) is 34.7 Å². The highest BCUT2D eigenvalue weighted by molar-refractivity contribution is 7.13. The summed E-state index contributed by atoms with van der Waals surface area (Å²) in [4.78, 5) is 6.83. The van der Waals surface area contributed by atoms with Gasteiger partial charge in [-0.3, -0.25) is 10.3 Å². The minimum Gasteiger partial charge on any atom is -0.492 e. The van der Waals surface area contributed by atoms with E-state index in [0.717, 1.165) is 47.1 Å². The Morgan fingerprint density at radius 3 is 2.65 bits per heavy atom. The fraction of sp³-hybridized carbons (Fsp3) is 0.500. The fourth-order valence-corrected chi connectivity index (χ4v) is 4.12. The molecule has 1 aliphatic heterocycles. The third kappa shape index (κ3) is 5.81. The van der Waals surface area contributed by atoms with Gasteiger partial charge in [-0.2, -0.15) is 5.10 Å². The molecule has 140 valence electrons. The lowest BCUT2D eigenvalue weighted by atomic mass is 9.92. The van der Waals surface area contributed by atoms with E-state index in [1.165, 1.54) is 19.5 Å². The number of rotatable bonds is 7. The predicted octanol–water partition coefficient (Wildman–Crippen LogP) is 4.25. The molecule has 0 radical (unpaired) electrons. The SMILES string of the molecule is Cc1csc(NN=Cc2ccc(OCCN3CC(C)CC(C)C3)cc2)n1. The van der Waals surface area contributed by atoms with Gasteiger partial charge in [0, 0.05) is 25.0 Å². The molecule has 1 aromatic carbocycles. The Morgan fingerprint density at radius 2 is 2.00 bits per heavy atom. The normalized spacial score (nSPS) is 21.2. The molecule has 1 saturated heterocycles. The number of anilines is 1. The van der Waals surface area contributed by atoms with E-state index in [2.05, 4.69) is 34.3 Å². The van der Waals surface area contributed by atoms with Crippen molar-refractivity contribution in [2.75, 3.05) is 31.7 Å². The Morgan fingerprint density at radius 1 is 1.27 bits per heavy atom. The highest BCUT2D eigenvalue weighted by atomic mass is 32.1. The zero-order valence-electron chi connectivity index (χ0n) is 15.8. The van der Waals surface area contributed by atoms with Crippen LogP contribution in [0.25, 0.3) is 0 Å². The molecule has 0 saturated carbocycles. The molecule has 1 aromatic heterocycles. The number of thiazole rings is 1. The highest BCUT2D eigenvalue weighted by Crippen LogP contribution is 2.20. The van der Waals surface area contributed by atoms with Gasteiger partial charge < -0.3 is 4.74 Å². The summed E-state index contributed by atoms with van der Waals surface area (Å²) in [5.41, 5.74) is 4.97. The largest absolute Gasteiger partial charge is 0.492 e. The number of aryl methyl sites for hydroxylation is 1. The Labute approximate surface area is 160 Å². The third-order valence-corrected chi connectivity index (χ3v) is 5.36. The predicted molar refractivity (Wildman–Crippen MR) is 109 cm³/mol. The lowest BCUT2D eigenvalue weighted by Gasteiger charge is -2.34. The molecule has 26 heavy (non-hydrogen) atoms. The first kappa shape index (κ1) is 18.9. The van der Waals surface area contributed by atoms with Crippen LogP contribution in [0.2, 0.25) is 0 Å². The molecule has 6 heteroatoms. The van der Waals surface area contributed by atoms with E-state index in [0.29, 0.717) is 0 Å². The van der Waals surface area contributed by atoms with Gasteiger partial charge in [-0.25, -0.2) is 4.98 Å². The molecule has 1 N–H and O–H groups in total. The standard InChI is InChI=1S/C20H28N4OS/c1-15-10-16(2)13-24(12-15)8-9-25-19-6-4-18(5-7-19)11-21-23-20-22-17(3)14-26-20/h4-7,11,14-16H,8-10,12-13H2,1-3H3,(H,22,23). The number of likely N-dealkylation sites (tertiary alicyclic amines) is 1. The Balaban J connectivity index is 1.41. The van der Waals surface area contributed by atoms with E-state index in [9.17, 15) is 0 Å². The number of ether oxygens (including phenoxy) is 1. The molecular weight excluding hydrogens is 344 g/mol. The maximum absolute atomic E-state index is 5.90. The van der Waals surface area contributed by atoms with E-state index in [4.69, 9.17) is 4.74 Å². The van der Waals surface area contributed by atoms with Crippen LogP contribution >= 0.6 is 11.3 Å². The average Bonchev–Trinajstić information content (AvgIpc) is 3.01. The number of benzene rings is 1. The molecule has 1 aliphatic rings. The van der Waals surface area contributed by atoms with Crippen molar-refractivity contribution >= 4 is 22.7 Å². The first-order valence-corrected chi connectivity index (χ1v) is 10.1. The Hall–Kier alpha value is -1.92. The number of nitrogens with one attached hydrogen (secondary N) is 1. The summed E-state index contributed by atoms with van der Waals surface area (Å²) in [6.07, 6.45) is 3.13. The second-order valence-corrected chi connectivity index (χ2v) is 8.15. The first-order chi connectivity index (χ1) is 12.6. The van der Waals surface area contributed by atoms with Crippen LogP contribution in [0.4, 0.5) is 5.13 Å². The van der Waals surface area contributed by atoms with Gasteiger partial charge in [0.05, 0.1) is 11.9 Å². The van der Waals surface area contributed by atoms with E-state index in [1.54, 1.807) is 17.6 Å². The monoisotopic (exact) mass is 372 g/mol. The molecule has 0 bridgehead atoms. The van der Waals surface area contributed by atoms with Crippen molar-refractivity contribution in [2.45, 2.75) is 27.2 Å². The van der Waals surface area contributed by atoms with Gasteiger partial charge in [-0.15, -0.1) is 11.3 Å². The van der Waals surface area contributed by atoms with E-state index in [1.807, 2.05) is 36.6 Å². The molecule has 0 aliphatic carbocycles.